The molecule has 2 heterocycles. The highest BCUT2D eigenvalue weighted by Crippen LogP contribution is 2.32. The van der Waals surface area contributed by atoms with Crippen LogP contribution in [0.25, 0.3) is 11.3 Å². The first-order valence-corrected chi connectivity index (χ1v) is 10.5. The topological polar surface area (TPSA) is 90.3 Å². The van der Waals surface area contributed by atoms with E-state index in [2.05, 4.69) is 10.3 Å². The molecule has 1 amide bonds. The van der Waals surface area contributed by atoms with Crippen molar-refractivity contribution in [1.29, 1.82) is 0 Å². The molecule has 0 unspecified atom stereocenters. The lowest BCUT2D eigenvalue weighted by Crippen LogP contribution is -2.18. The van der Waals surface area contributed by atoms with Crippen molar-refractivity contribution < 1.29 is 17.9 Å². The first kappa shape index (κ1) is 18.5. The van der Waals surface area contributed by atoms with Gasteiger partial charge in [0.15, 0.2) is 0 Å². The molecule has 9 heteroatoms. The largest absolute Gasteiger partial charge is 0.495 e. The number of hydrogen-bond acceptors (Lipinski definition) is 5. The maximum absolute atomic E-state index is 13.2. The third-order valence-corrected chi connectivity index (χ3v) is 6.29. The molecule has 0 bridgehead atoms. The average molecular weight is 418 g/mol. The van der Waals surface area contributed by atoms with Crippen LogP contribution in [0.5, 0.6) is 5.75 Å². The predicted molar refractivity (Wildman–Crippen MR) is 106 cm³/mol. The van der Waals surface area contributed by atoms with Crippen LogP contribution in [0.1, 0.15) is 10.5 Å². The highest BCUT2D eigenvalue weighted by Gasteiger charge is 2.35. The molecule has 2 aromatic carbocycles. The highest BCUT2D eigenvalue weighted by atomic mass is 35.5. The van der Waals surface area contributed by atoms with Crippen molar-refractivity contribution in [2.75, 3.05) is 18.2 Å². The maximum Gasteiger partial charge on any atom is 0.274 e. The van der Waals surface area contributed by atoms with Crippen LogP contribution in [0.4, 0.5) is 5.69 Å². The van der Waals surface area contributed by atoms with Gasteiger partial charge in [-0.2, -0.15) is 0 Å². The summed E-state index contributed by atoms with van der Waals surface area (Å²) in [6, 6.07) is 13.9. The molecule has 0 spiro atoms. The fourth-order valence-electron chi connectivity index (χ4n) is 3.17. The quantitative estimate of drug-likeness (QED) is 0.703. The number of anilines is 1. The van der Waals surface area contributed by atoms with E-state index in [4.69, 9.17) is 16.3 Å². The van der Waals surface area contributed by atoms with E-state index in [-0.39, 0.29) is 23.1 Å². The summed E-state index contributed by atoms with van der Waals surface area (Å²) in [6.07, 6.45) is 0. The summed E-state index contributed by atoms with van der Waals surface area (Å²) in [7, 11) is -2.03. The molecule has 1 N–H and O–H groups in total. The van der Waals surface area contributed by atoms with Gasteiger partial charge in [-0.1, -0.05) is 41.9 Å². The van der Waals surface area contributed by atoms with Crippen molar-refractivity contribution in [3.63, 3.8) is 0 Å². The monoisotopic (exact) mass is 417 g/mol. The van der Waals surface area contributed by atoms with Crippen LogP contribution in [-0.2, 0) is 16.4 Å². The van der Waals surface area contributed by atoms with Crippen LogP contribution >= 0.6 is 11.6 Å². The SMILES string of the molecule is COc1ccc(Cl)cc1NC(=O)c1c(-c2ccccc2)nc2n1CCS2(=O)=O. The molecule has 7 nitrogen and oxygen atoms in total. The van der Waals surface area contributed by atoms with Crippen molar-refractivity contribution in [2.45, 2.75) is 11.7 Å². The Kier molecular flexibility index (Phi) is 4.60. The molecular weight excluding hydrogens is 402 g/mol. The first-order valence-electron chi connectivity index (χ1n) is 8.44. The number of hydrogen-bond donors (Lipinski definition) is 1. The Bertz CT molecular complexity index is 1170. The van der Waals surface area contributed by atoms with Crippen LogP contribution in [0.2, 0.25) is 5.02 Å². The van der Waals surface area contributed by atoms with E-state index in [0.717, 1.165) is 0 Å². The molecule has 1 aliphatic heterocycles. The van der Waals surface area contributed by atoms with Gasteiger partial charge in [-0.15, -0.1) is 0 Å². The Morgan fingerprint density at radius 2 is 1.96 bits per heavy atom. The molecule has 0 atom stereocenters. The molecule has 0 fully saturated rings. The van der Waals surface area contributed by atoms with E-state index in [1.165, 1.54) is 11.7 Å². The second kappa shape index (κ2) is 6.96. The summed E-state index contributed by atoms with van der Waals surface area (Å²) in [4.78, 5) is 17.4. The normalized spacial score (nSPS) is 14.5. The van der Waals surface area contributed by atoms with Gasteiger partial charge >= 0.3 is 0 Å². The number of aromatic nitrogens is 2. The average Bonchev–Trinajstić information content (AvgIpc) is 3.20. The van der Waals surface area contributed by atoms with Gasteiger partial charge in [0, 0.05) is 17.1 Å². The van der Waals surface area contributed by atoms with Crippen molar-refractivity contribution in [1.82, 2.24) is 9.55 Å². The molecule has 0 aliphatic carbocycles. The third-order valence-electron chi connectivity index (χ3n) is 4.47. The van der Waals surface area contributed by atoms with Gasteiger partial charge in [0.2, 0.25) is 15.0 Å². The number of benzene rings is 2. The number of carbonyl (C=O) groups is 1. The van der Waals surface area contributed by atoms with Crippen molar-refractivity contribution >= 4 is 33.0 Å². The maximum atomic E-state index is 13.2. The zero-order valence-corrected chi connectivity index (χ0v) is 16.4. The Balaban J connectivity index is 1.83. The third kappa shape index (κ3) is 3.14. The fraction of sp³-hybridized carbons (Fsp3) is 0.158. The van der Waals surface area contributed by atoms with E-state index < -0.39 is 15.7 Å². The van der Waals surface area contributed by atoms with Gasteiger partial charge < -0.3 is 14.6 Å². The summed E-state index contributed by atoms with van der Waals surface area (Å²) >= 11 is 6.04. The zero-order chi connectivity index (χ0) is 19.9. The van der Waals surface area contributed by atoms with Crippen LogP contribution in [-0.4, -0.2) is 36.7 Å². The number of rotatable bonds is 4. The van der Waals surface area contributed by atoms with Gasteiger partial charge in [0.05, 0.1) is 18.6 Å². The van der Waals surface area contributed by atoms with Crippen LogP contribution in [0, 0.1) is 0 Å². The number of imidazole rings is 1. The van der Waals surface area contributed by atoms with Gasteiger partial charge in [-0.25, -0.2) is 13.4 Å². The standard InChI is InChI=1S/C19H16ClN3O4S/c1-27-15-8-7-13(20)11-14(15)21-18(24)17-16(12-5-3-2-4-6-12)22-19-23(17)9-10-28(19,25)26/h2-8,11H,9-10H2,1H3,(H,21,24). The molecule has 1 aromatic heterocycles. The Hall–Kier alpha value is -2.84. The van der Waals surface area contributed by atoms with E-state index in [9.17, 15) is 13.2 Å². The molecule has 0 saturated carbocycles. The summed E-state index contributed by atoms with van der Waals surface area (Å²) in [5.74, 6) is -0.131. The number of halogens is 1. The minimum absolute atomic E-state index is 0.0782. The zero-order valence-electron chi connectivity index (χ0n) is 14.8. The molecule has 0 radical (unpaired) electrons. The molecule has 1 aliphatic rings. The number of fused-ring (bicyclic) bond motifs is 1. The summed E-state index contributed by atoms with van der Waals surface area (Å²) in [6.45, 7) is 0.174. The van der Waals surface area contributed by atoms with E-state index in [0.29, 0.717) is 27.7 Å². The smallest absolute Gasteiger partial charge is 0.274 e. The number of carbonyl (C=O) groups excluding carboxylic acids is 1. The van der Waals surface area contributed by atoms with Crippen molar-refractivity contribution in [3.05, 3.63) is 59.2 Å². The van der Waals surface area contributed by atoms with Crippen LogP contribution < -0.4 is 10.1 Å². The number of nitrogens with one attached hydrogen (secondary N) is 1. The Labute approximate surface area is 166 Å². The molecular formula is C19H16ClN3O4S. The Morgan fingerprint density at radius 1 is 1.21 bits per heavy atom. The minimum Gasteiger partial charge on any atom is -0.495 e. The number of amides is 1. The summed E-state index contributed by atoms with van der Waals surface area (Å²) < 4.78 is 31.4. The van der Waals surface area contributed by atoms with Crippen LogP contribution in [0.3, 0.4) is 0 Å². The van der Waals surface area contributed by atoms with Crippen LogP contribution in [0.15, 0.2) is 53.7 Å². The molecule has 0 saturated heterocycles. The van der Waals surface area contributed by atoms with Gasteiger partial charge in [-0.3, -0.25) is 4.79 Å². The molecule has 28 heavy (non-hydrogen) atoms. The lowest BCUT2D eigenvalue weighted by atomic mass is 10.1. The lowest BCUT2D eigenvalue weighted by molar-refractivity contribution is 0.101. The van der Waals surface area contributed by atoms with Crippen molar-refractivity contribution in [3.8, 4) is 17.0 Å². The van der Waals surface area contributed by atoms with E-state index in [1.54, 1.807) is 42.5 Å². The van der Waals surface area contributed by atoms with Crippen molar-refractivity contribution in [2.24, 2.45) is 0 Å². The predicted octanol–water partition coefficient (Wildman–Crippen LogP) is 3.25. The fourth-order valence-corrected chi connectivity index (χ4v) is 4.69. The number of methoxy groups -OCH3 is 1. The molecule has 144 valence electrons. The molecule has 4 rings (SSSR count). The molecule has 3 aromatic rings. The second-order valence-electron chi connectivity index (χ2n) is 6.23. The van der Waals surface area contributed by atoms with Gasteiger partial charge in [-0.05, 0) is 18.2 Å². The van der Waals surface area contributed by atoms with Gasteiger partial charge in [0.1, 0.15) is 17.1 Å². The summed E-state index contributed by atoms with van der Waals surface area (Å²) in [5.41, 5.74) is 1.54. The number of sulfone groups is 1. The second-order valence-corrected chi connectivity index (χ2v) is 8.67. The first-order chi connectivity index (χ1) is 13.4. The van der Waals surface area contributed by atoms with E-state index in [1.807, 2.05) is 6.07 Å². The minimum atomic E-state index is -3.52. The lowest BCUT2D eigenvalue weighted by Gasteiger charge is -2.12. The highest BCUT2D eigenvalue weighted by molar-refractivity contribution is 7.91. The Morgan fingerprint density at radius 3 is 2.68 bits per heavy atom. The van der Waals surface area contributed by atoms with E-state index >= 15 is 0 Å². The number of nitrogens with zero attached hydrogens (tertiary/aromatic N) is 2. The summed E-state index contributed by atoms with van der Waals surface area (Å²) in [5, 5.41) is 3.11. The number of ether oxygens (including phenoxy) is 1. The van der Waals surface area contributed by atoms with Gasteiger partial charge in [0.25, 0.3) is 5.91 Å².